The molecule has 2 aliphatic carbocycles. The Morgan fingerprint density at radius 2 is 1.93 bits per heavy atom. The third-order valence-corrected chi connectivity index (χ3v) is 4.91. The zero-order chi connectivity index (χ0) is 18.5. The van der Waals surface area contributed by atoms with Gasteiger partial charge < -0.3 is 25.8 Å². The third kappa shape index (κ3) is 6.29. The van der Waals surface area contributed by atoms with Crippen molar-refractivity contribution in [3.63, 3.8) is 0 Å². The number of nitrogens with two attached hydrogens (primary N) is 1. The van der Waals surface area contributed by atoms with Crippen LogP contribution in [-0.4, -0.2) is 37.6 Å². The van der Waals surface area contributed by atoms with Crippen LogP contribution in [0.1, 0.15) is 38.5 Å². The Bertz CT molecular complexity index is 666. The van der Waals surface area contributed by atoms with Gasteiger partial charge in [-0.1, -0.05) is 6.42 Å². The minimum atomic E-state index is -0.154. The van der Waals surface area contributed by atoms with Crippen LogP contribution in [0.25, 0.3) is 0 Å². The van der Waals surface area contributed by atoms with E-state index in [4.69, 9.17) is 15.2 Å². The molecule has 0 heterocycles. The van der Waals surface area contributed by atoms with Gasteiger partial charge in [-0.25, -0.2) is 0 Å². The van der Waals surface area contributed by atoms with E-state index < -0.39 is 0 Å². The number of ether oxygens (including phenoxy) is 2. The summed E-state index contributed by atoms with van der Waals surface area (Å²) < 4.78 is 10.8. The maximum absolute atomic E-state index is 12.3. The number of benzene rings is 1. The van der Waals surface area contributed by atoms with E-state index in [9.17, 15) is 9.59 Å². The second kappa shape index (κ2) is 9.80. The SMILES string of the molecule is COc1ccc(NC(=O)C[C@@H]2CCC[C@H]2N)cc1OCC(=O)NC1CC1.Cl. The van der Waals surface area contributed by atoms with E-state index in [1.165, 1.54) is 7.11 Å². The van der Waals surface area contributed by atoms with Crippen LogP contribution in [0.15, 0.2) is 18.2 Å². The summed E-state index contributed by atoms with van der Waals surface area (Å²) in [4.78, 5) is 24.1. The first-order valence-corrected chi connectivity index (χ1v) is 9.21. The van der Waals surface area contributed by atoms with Gasteiger partial charge in [0.15, 0.2) is 18.1 Å². The number of hydrogen-bond donors (Lipinski definition) is 3. The molecule has 7 nitrogen and oxygen atoms in total. The van der Waals surface area contributed by atoms with Crippen molar-refractivity contribution in [1.82, 2.24) is 5.32 Å². The standard InChI is InChI=1S/C19H27N3O4.ClH/c1-25-16-8-7-14(22-18(23)9-12-3-2-4-15(12)20)10-17(16)26-11-19(24)21-13-5-6-13;/h7-8,10,12-13,15H,2-6,9,11,20H2,1H3,(H,21,24)(H,22,23);1H/t12-,15+;/m0./s1. The number of amides is 2. The summed E-state index contributed by atoms with van der Waals surface area (Å²) in [7, 11) is 1.53. The van der Waals surface area contributed by atoms with E-state index in [2.05, 4.69) is 10.6 Å². The molecule has 0 aromatic heterocycles. The van der Waals surface area contributed by atoms with Gasteiger partial charge in [-0.3, -0.25) is 9.59 Å². The van der Waals surface area contributed by atoms with Gasteiger partial charge in [0.05, 0.1) is 7.11 Å². The molecule has 2 fully saturated rings. The molecule has 8 heteroatoms. The first-order chi connectivity index (χ1) is 12.5. The Balaban J connectivity index is 0.00000261. The normalized spacial score (nSPS) is 21.1. The number of anilines is 1. The third-order valence-electron chi connectivity index (χ3n) is 4.91. The highest BCUT2D eigenvalue weighted by molar-refractivity contribution is 5.91. The van der Waals surface area contributed by atoms with Crippen LogP contribution >= 0.6 is 12.4 Å². The summed E-state index contributed by atoms with van der Waals surface area (Å²) in [6, 6.07) is 5.55. The van der Waals surface area contributed by atoms with Crippen molar-refractivity contribution in [2.24, 2.45) is 11.7 Å². The zero-order valence-electron chi connectivity index (χ0n) is 15.5. The Morgan fingerprint density at radius 1 is 1.15 bits per heavy atom. The lowest BCUT2D eigenvalue weighted by molar-refractivity contribution is -0.123. The molecule has 0 bridgehead atoms. The summed E-state index contributed by atoms with van der Waals surface area (Å²) in [5.41, 5.74) is 6.65. The summed E-state index contributed by atoms with van der Waals surface area (Å²) in [5.74, 6) is 0.970. The van der Waals surface area contributed by atoms with Gasteiger partial charge in [0.2, 0.25) is 5.91 Å². The van der Waals surface area contributed by atoms with Crippen molar-refractivity contribution in [3.8, 4) is 11.5 Å². The molecule has 2 saturated carbocycles. The van der Waals surface area contributed by atoms with Crippen LogP contribution in [0.5, 0.6) is 11.5 Å². The van der Waals surface area contributed by atoms with E-state index in [1.54, 1.807) is 18.2 Å². The predicted molar refractivity (Wildman–Crippen MR) is 105 cm³/mol. The van der Waals surface area contributed by atoms with E-state index in [1.807, 2.05) is 0 Å². The smallest absolute Gasteiger partial charge is 0.258 e. The molecule has 2 atom stereocenters. The molecule has 1 aromatic rings. The van der Waals surface area contributed by atoms with Crippen LogP contribution in [0.4, 0.5) is 5.69 Å². The predicted octanol–water partition coefficient (Wildman–Crippen LogP) is 2.23. The van der Waals surface area contributed by atoms with Gasteiger partial charge in [-0.2, -0.15) is 0 Å². The van der Waals surface area contributed by atoms with Gasteiger partial charge in [0, 0.05) is 30.3 Å². The fraction of sp³-hybridized carbons (Fsp3) is 0.579. The summed E-state index contributed by atoms with van der Waals surface area (Å²) in [6.45, 7) is -0.0822. The van der Waals surface area contributed by atoms with Gasteiger partial charge in [0.25, 0.3) is 5.91 Å². The van der Waals surface area contributed by atoms with Crippen molar-refractivity contribution in [3.05, 3.63) is 18.2 Å². The van der Waals surface area contributed by atoms with Crippen molar-refractivity contribution < 1.29 is 19.1 Å². The topological polar surface area (TPSA) is 103 Å². The Kier molecular flexibility index (Phi) is 7.74. The summed E-state index contributed by atoms with van der Waals surface area (Å²) in [5, 5.41) is 5.75. The molecular formula is C19H28ClN3O4. The Hall–Kier alpha value is -1.99. The molecular weight excluding hydrogens is 370 g/mol. The second-order valence-electron chi connectivity index (χ2n) is 7.10. The van der Waals surface area contributed by atoms with Gasteiger partial charge >= 0.3 is 0 Å². The lowest BCUT2D eigenvalue weighted by Gasteiger charge is -2.16. The number of nitrogens with one attached hydrogen (secondary N) is 2. The first-order valence-electron chi connectivity index (χ1n) is 9.21. The summed E-state index contributed by atoms with van der Waals surface area (Å²) in [6.07, 6.45) is 5.56. The fourth-order valence-electron chi connectivity index (χ4n) is 3.28. The van der Waals surface area contributed by atoms with Crippen LogP contribution in [0.2, 0.25) is 0 Å². The van der Waals surface area contributed by atoms with E-state index >= 15 is 0 Å². The minimum Gasteiger partial charge on any atom is -0.493 e. The van der Waals surface area contributed by atoms with Gasteiger partial charge in [-0.05, 0) is 43.7 Å². The van der Waals surface area contributed by atoms with Crippen molar-refractivity contribution in [2.75, 3.05) is 19.0 Å². The molecule has 0 radical (unpaired) electrons. The monoisotopic (exact) mass is 397 g/mol. The molecule has 4 N–H and O–H groups in total. The number of halogens is 1. The largest absolute Gasteiger partial charge is 0.493 e. The molecule has 1 aromatic carbocycles. The zero-order valence-corrected chi connectivity index (χ0v) is 16.3. The maximum Gasteiger partial charge on any atom is 0.258 e. The highest BCUT2D eigenvalue weighted by Gasteiger charge is 2.26. The lowest BCUT2D eigenvalue weighted by Crippen LogP contribution is -2.30. The molecule has 0 aliphatic heterocycles. The first kappa shape index (κ1) is 21.3. The molecule has 0 spiro atoms. The van der Waals surface area contributed by atoms with E-state index in [-0.39, 0.29) is 42.8 Å². The second-order valence-corrected chi connectivity index (χ2v) is 7.10. The summed E-state index contributed by atoms with van der Waals surface area (Å²) >= 11 is 0. The van der Waals surface area contributed by atoms with Crippen molar-refractivity contribution >= 4 is 29.9 Å². The van der Waals surface area contributed by atoms with Crippen LogP contribution in [0, 0.1) is 5.92 Å². The Morgan fingerprint density at radius 3 is 2.56 bits per heavy atom. The van der Waals surface area contributed by atoms with Crippen molar-refractivity contribution in [1.29, 1.82) is 0 Å². The maximum atomic E-state index is 12.3. The van der Waals surface area contributed by atoms with Crippen LogP contribution in [0.3, 0.4) is 0 Å². The molecule has 27 heavy (non-hydrogen) atoms. The van der Waals surface area contributed by atoms with Gasteiger partial charge in [-0.15, -0.1) is 12.4 Å². The average molecular weight is 398 g/mol. The number of carbonyl (C=O) groups is 2. The van der Waals surface area contributed by atoms with Crippen LogP contribution < -0.4 is 25.8 Å². The molecule has 2 aliphatic rings. The number of hydrogen-bond acceptors (Lipinski definition) is 5. The van der Waals surface area contributed by atoms with E-state index in [0.29, 0.717) is 29.6 Å². The van der Waals surface area contributed by atoms with Crippen LogP contribution in [-0.2, 0) is 9.59 Å². The number of methoxy groups -OCH3 is 1. The molecule has 0 unspecified atom stereocenters. The number of rotatable bonds is 8. The van der Waals surface area contributed by atoms with E-state index in [0.717, 1.165) is 32.1 Å². The Labute approximate surface area is 165 Å². The minimum absolute atomic E-state index is 0. The number of carbonyl (C=O) groups excluding carboxylic acids is 2. The fourth-order valence-corrected chi connectivity index (χ4v) is 3.28. The lowest BCUT2D eigenvalue weighted by atomic mass is 10.00. The molecule has 0 saturated heterocycles. The molecule has 150 valence electrons. The highest BCUT2D eigenvalue weighted by Crippen LogP contribution is 2.31. The molecule has 3 rings (SSSR count). The quantitative estimate of drug-likeness (QED) is 0.624. The van der Waals surface area contributed by atoms with Gasteiger partial charge in [0.1, 0.15) is 0 Å². The van der Waals surface area contributed by atoms with Crippen molar-refractivity contribution in [2.45, 2.75) is 50.6 Å². The highest BCUT2D eigenvalue weighted by atomic mass is 35.5. The average Bonchev–Trinajstić information content (AvgIpc) is 3.34. The molecule has 2 amide bonds.